The van der Waals surface area contributed by atoms with Gasteiger partial charge in [0.25, 0.3) is 11.8 Å². The van der Waals surface area contributed by atoms with Crippen LogP contribution in [0.3, 0.4) is 0 Å². The Bertz CT molecular complexity index is 939. The van der Waals surface area contributed by atoms with Gasteiger partial charge < -0.3 is 9.84 Å². The van der Waals surface area contributed by atoms with Crippen molar-refractivity contribution in [3.8, 4) is 22.6 Å². The highest BCUT2D eigenvalue weighted by Gasteiger charge is 2.16. The molecule has 0 aliphatic heterocycles. The second kappa shape index (κ2) is 8.73. The third-order valence-corrected chi connectivity index (χ3v) is 4.07. The fraction of sp³-hybridized carbons (Fsp3) is 0.0909. The summed E-state index contributed by atoms with van der Waals surface area (Å²) in [5.41, 5.74) is 7.09. The number of benzene rings is 3. The number of amides is 2. The van der Waals surface area contributed by atoms with Gasteiger partial charge in [-0.3, -0.25) is 20.4 Å². The number of rotatable bonds is 5. The normalized spacial score (nSPS) is 11.3. The van der Waals surface area contributed by atoms with Crippen LogP contribution in [0.5, 0.6) is 11.5 Å². The summed E-state index contributed by atoms with van der Waals surface area (Å²) in [6.07, 6.45) is -0.803. The van der Waals surface area contributed by atoms with E-state index in [-0.39, 0.29) is 5.75 Å². The molecule has 0 fully saturated rings. The predicted molar refractivity (Wildman–Crippen MR) is 106 cm³/mol. The van der Waals surface area contributed by atoms with E-state index in [0.29, 0.717) is 11.3 Å². The maximum absolute atomic E-state index is 12.1. The average Bonchev–Trinajstić information content (AvgIpc) is 2.73. The molecular weight excluding hydrogens is 356 g/mol. The van der Waals surface area contributed by atoms with Crippen molar-refractivity contribution >= 4 is 11.8 Å². The minimum Gasteiger partial charge on any atom is -0.508 e. The van der Waals surface area contributed by atoms with Crippen LogP contribution in [0.25, 0.3) is 11.1 Å². The van der Waals surface area contributed by atoms with Crippen molar-refractivity contribution < 1.29 is 19.4 Å². The summed E-state index contributed by atoms with van der Waals surface area (Å²) in [6, 6.07) is 23.0. The lowest BCUT2D eigenvalue weighted by atomic mass is 10.1. The Labute approximate surface area is 162 Å². The summed E-state index contributed by atoms with van der Waals surface area (Å²) in [7, 11) is 0. The number of hydrogen-bond acceptors (Lipinski definition) is 4. The van der Waals surface area contributed by atoms with Crippen LogP contribution in [0.1, 0.15) is 17.3 Å². The van der Waals surface area contributed by atoms with Crippen molar-refractivity contribution in [3.63, 3.8) is 0 Å². The Morgan fingerprint density at radius 2 is 1.43 bits per heavy atom. The van der Waals surface area contributed by atoms with Gasteiger partial charge in [-0.15, -0.1) is 0 Å². The minimum absolute atomic E-state index is 0.0564. The van der Waals surface area contributed by atoms with E-state index in [9.17, 15) is 14.7 Å². The van der Waals surface area contributed by atoms with Gasteiger partial charge in [0.15, 0.2) is 6.10 Å². The maximum atomic E-state index is 12.1. The van der Waals surface area contributed by atoms with Gasteiger partial charge in [0.2, 0.25) is 0 Å². The van der Waals surface area contributed by atoms with Crippen LogP contribution < -0.4 is 15.6 Å². The smallest absolute Gasteiger partial charge is 0.279 e. The summed E-state index contributed by atoms with van der Waals surface area (Å²) < 4.78 is 5.62. The number of hydrogen-bond donors (Lipinski definition) is 3. The number of nitrogens with one attached hydrogen (secondary N) is 2. The van der Waals surface area contributed by atoms with Crippen LogP contribution in [-0.4, -0.2) is 23.0 Å². The van der Waals surface area contributed by atoms with Gasteiger partial charge in [-0.2, -0.15) is 0 Å². The highest BCUT2D eigenvalue weighted by Crippen LogP contribution is 2.22. The van der Waals surface area contributed by atoms with Crippen LogP contribution in [0.15, 0.2) is 78.9 Å². The zero-order chi connectivity index (χ0) is 19.9. The molecule has 3 aromatic rings. The molecule has 0 aromatic heterocycles. The van der Waals surface area contributed by atoms with Crippen LogP contribution >= 0.6 is 0 Å². The van der Waals surface area contributed by atoms with Crippen LogP contribution in [-0.2, 0) is 4.79 Å². The molecular formula is C22H20N2O4. The number of carbonyl (C=O) groups is 2. The molecule has 0 heterocycles. The van der Waals surface area contributed by atoms with Crippen molar-refractivity contribution in [1.29, 1.82) is 0 Å². The van der Waals surface area contributed by atoms with Gasteiger partial charge in [0.1, 0.15) is 11.5 Å². The largest absolute Gasteiger partial charge is 0.508 e. The Kier molecular flexibility index (Phi) is 5.91. The summed E-state index contributed by atoms with van der Waals surface area (Å²) in [4.78, 5) is 24.1. The third-order valence-electron chi connectivity index (χ3n) is 4.07. The summed E-state index contributed by atoms with van der Waals surface area (Å²) in [5, 5.41) is 9.23. The molecule has 0 aliphatic rings. The van der Waals surface area contributed by atoms with Crippen LogP contribution in [0.4, 0.5) is 0 Å². The van der Waals surface area contributed by atoms with Gasteiger partial charge in [-0.05, 0) is 54.4 Å². The summed E-state index contributed by atoms with van der Waals surface area (Å²) in [6.45, 7) is 1.59. The number of phenols is 1. The molecule has 0 saturated carbocycles. The predicted octanol–water partition coefficient (Wildman–Crippen LogP) is 3.29. The second-order valence-electron chi connectivity index (χ2n) is 6.14. The van der Waals surface area contributed by atoms with Crippen molar-refractivity contribution in [3.05, 3.63) is 84.4 Å². The lowest BCUT2D eigenvalue weighted by molar-refractivity contribution is -0.128. The molecule has 3 aromatic carbocycles. The Balaban J connectivity index is 1.52. The van der Waals surface area contributed by atoms with Gasteiger partial charge in [0, 0.05) is 5.56 Å². The molecule has 0 bridgehead atoms. The topological polar surface area (TPSA) is 87.7 Å². The van der Waals surface area contributed by atoms with Crippen molar-refractivity contribution in [1.82, 2.24) is 10.9 Å². The van der Waals surface area contributed by atoms with Crippen molar-refractivity contribution in [2.75, 3.05) is 0 Å². The van der Waals surface area contributed by atoms with E-state index in [1.165, 1.54) is 24.3 Å². The molecule has 2 amide bonds. The SMILES string of the molecule is C[C@@H](Oc1ccc(-c2ccccc2)cc1)C(=O)NNC(=O)c1ccc(O)cc1. The van der Waals surface area contributed by atoms with Crippen molar-refractivity contribution in [2.45, 2.75) is 13.0 Å². The first-order chi connectivity index (χ1) is 13.5. The van der Waals surface area contributed by atoms with Gasteiger partial charge in [0.05, 0.1) is 0 Å². The first-order valence-corrected chi connectivity index (χ1v) is 8.74. The van der Waals surface area contributed by atoms with E-state index in [2.05, 4.69) is 10.9 Å². The monoisotopic (exact) mass is 376 g/mol. The number of phenolic OH excluding ortho intramolecular Hbond substituents is 1. The average molecular weight is 376 g/mol. The maximum Gasteiger partial charge on any atom is 0.279 e. The van der Waals surface area contributed by atoms with E-state index >= 15 is 0 Å². The van der Waals surface area contributed by atoms with E-state index in [1.54, 1.807) is 19.1 Å². The zero-order valence-corrected chi connectivity index (χ0v) is 15.3. The van der Waals surface area contributed by atoms with Crippen molar-refractivity contribution in [2.24, 2.45) is 0 Å². The third kappa shape index (κ3) is 4.88. The lowest BCUT2D eigenvalue weighted by Gasteiger charge is -2.15. The van der Waals surface area contributed by atoms with Crippen LogP contribution in [0, 0.1) is 0 Å². The molecule has 28 heavy (non-hydrogen) atoms. The molecule has 6 nitrogen and oxygen atoms in total. The Morgan fingerprint density at radius 1 is 0.821 bits per heavy atom. The van der Waals surface area contributed by atoms with E-state index in [4.69, 9.17) is 4.74 Å². The molecule has 0 spiro atoms. The van der Waals surface area contributed by atoms with Gasteiger partial charge in [-0.1, -0.05) is 42.5 Å². The molecule has 142 valence electrons. The molecule has 3 N–H and O–H groups in total. The molecule has 0 unspecified atom stereocenters. The first-order valence-electron chi connectivity index (χ1n) is 8.74. The molecule has 1 atom stereocenters. The Morgan fingerprint density at radius 3 is 2.07 bits per heavy atom. The molecule has 0 saturated heterocycles. The van der Waals surface area contributed by atoms with E-state index in [1.807, 2.05) is 42.5 Å². The standard InChI is InChI=1S/C22H20N2O4/c1-15(21(26)23-24-22(27)18-7-11-19(25)12-8-18)28-20-13-9-17(10-14-20)16-5-3-2-4-6-16/h2-15,25H,1H3,(H,23,26)(H,24,27)/t15-/m1/s1. The van der Waals surface area contributed by atoms with Gasteiger partial charge in [-0.25, -0.2) is 0 Å². The summed E-state index contributed by atoms with van der Waals surface area (Å²) in [5.74, 6) is -0.375. The number of aromatic hydroxyl groups is 1. The fourth-order valence-electron chi connectivity index (χ4n) is 2.52. The van der Waals surface area contributed by atoms with Crippen LogP contribution in [0.2, 0.25) is 0 Å². The Hall–Kier alpha value is -3.80. The molecule has 6 heteroatoms. The zero-order valence-electron chi connectivity index (χ0n) is 15.3. The quantitative estimate of drug-likeness (QED) is 0.596. The first kappa shape index (κ1) is 19.0. The summed E-state index contributed by atoms with van der Waals surface area (Å²) >= 11 is 0. The number of carbonyl (C=O) groups excluding carboxylic acids is 2. The van der Waals surface area contributed by atoms with E-state index < -0.39 is 17.9 Å². The fourth-order valence-corrected chi connectivity index (χ4v) is 2.52. The van der Waals surface area contributed by atoms with Gasteiger partial charge >= 0.3 is 0 Å². The molecule has 0 aliphatic carbocycles. The van der Waals surface area contributed by atoms with E-state index in [0.717, 1.165) is 11.1 Å². The molecule has 0 radical (unpaired) electrons. The minimum atomic E-state index is -0.803. The lowest BCUT2D eigenvalue weighted by Crippen LogP contribution is -2.47. The highest BCUT2D eigenvalue weighted by molar-refractivity contribution is 5.95. The second-order valence-corrected chi connectivity index (χ2v) is 6.14. The number of ether oxygens (including phenoxy) is 1. The number of hydrazine groups is 1. The highest BCUT2D eigenvalue weighted by atomic mass is 16.5. The molecule has 3 rings (SSSR count).